The molecule has 0 unspecified atom stereocenters. The number of hydrogen-bond acceptors (Lipinski definition) is 2. The highest BCUT2D eigenvalue weighted by atomic mass is 16.4. The van der Waals surface area contributed by atoms with Gasteiger partial charge in [0.25, 0.3) is 0 Å². The van der Waals surface area contributed by atoms with Crippen LogP contribution < -0.4 is 11.1 Å². The van der Waals surface area contributed by atoms with Crippen LogP contribution >= 0.6 is 0 Å². The first-order chi connectivity index (χ1) is 5.41. The lowest BCUT2D eigenvalue weighted by molar-refractivity contribution is -0.132. The maximum atomic E-state index is 9.71. The van der Waals surface area contributed by atoms with Gasteiger partial charge in [0.2, 0.25) is 0 Å². The average Bonchev–Trinajstić information content (AvgIpc) is 1.87. The number of carboxylic acids is 1. The minimum absolute atomic E-state index is 0.176. The van der Waals surface area contributed by atoms with Crippen molar-refractivity contribution < 1.29 is 14.7 Å². The number of amides is 2. The third-order valence-corrected chi connectivity index (χ3v) is 0.716. The van der Waals surface area contributed by atoms with E-state index in [1.54, 1.807) is 0 Å². The second kappa shape index (κ2) is 7.59. The molecule has 4 N–H and O–H groups in total. The van der Waals surface area contributed by atoms with Gasteiger partial charge in [0.05, 0.1) is 0 Å². The highest BCUT2D eigenvalue weighted by Crippen LogP contribution is 1.81. The van der Waals surface area contributed by atoms with Crippen molar-refractivity contribution in [3.63, 3.8) is 0 Å². The van der Waals surface area contributed by atoms with Crippen LogP contribution in [0.15, 0.2) is 12.2 Å². The van der Waals surface area contributed by atoms with Crippen molar-refractivity contribution in [1.29, 1.82) is 0 Å². The summed E-state index contributed by atoms with van der Waals surface area (Å²) < 4.78 is 0. The molecule has 0 bridgehead atoms. The van der Waals surface area contributed by atoms with Crippen molar-refractivity contribution in [2.45, 2.75) is 13.8 Å². The molecular weight excluding hydrogens is 160 g/mol. The van der Waals surface area contributed by atoms with Gasteiger partial charge in [0, 0.05) is 12.1 Å². The van der Waals surface area contributed by atoms with Gasteiger partial charge in [-0.25, -0.2) is 9.59 Å². The number of hydrogen-bond donors (Lipinski definition) is 3. The predicted molar refractivity (Wildman–Crippen MR) is 45.7 cm³/mol. The molecule has 0 aromatic heterocycles. The third kappa shape index (κ3) is 15.8. The van der Waals surface area contributed by atoms with E-state index in [-0.39, 0.29) is 5.57 Å². The summed E-state index contributed by atoms with van der Waals surface area (Å²) in [7, 11) is 0. The van der Waals surface area contributed by atoms with Gasteiger partial charge in [0.15, 0.2) is 0 Å². The average molecular weight is 174 g/mol. The number of carbonyl (C=O) groups is 2. The Balaban J connectivity index is 0. The molecule has 5 heteroatoms. The van der Waals surface area contributed by atoms with E-state index in [1.165, 1.54) is 6.92 Å². The summed E-state index contributed by atoms with van der Waals surface area (Å²) in [5.41, 5.74) is 4.83. The van der Waals surface area contributed by atoms with Gasteiger partial charge in [-0.15, -0.1) is 0 Å². The Bertz CT molecular complexity index is 165. The first-order valence-corrected chi connectivity index (χ1v) is 3.33. The minimum Gasteiger partial charge on any atom is -0.478 e. The van der Waals surface area contributed by atoms with Crippen LogP contribution in [0.3, 0.4) is 0 Å². The number of nitrogens with one attached hydrogen (secondary N) is 1. The summed E-state index contributed by atoms with van der Waals surface area (Å²) in [6, 6.07) is -0.461. The number of nitrogens with two attached hydrogens (primary N) is 1. The molecule has 0 aliphatic rings. The molecule has 0 aromatic rings. The van der Waals surface area contributed by atoms with Gasteiger partial charge in [0.1, 0.15) is 0 Å². The lowest BCUT2D eigenvalue weighted by Gasteiger charge is -1.88. The highest BCUT2D eigenvalue weighted by Gasteiger charge is 1.90. The molecule has 70 valence electrons. The Morgan fingerprint density at radius 3 is 1.92 bits per heavy atom. The molecule has 0 rings (SSSR count). The summed E-state index contributed by atoms with van der Waals surface area (Å²) in [6.07, 6.45) is 0. The Labute approximate surface area is 71.3 Å². The summed E-state index contributed by atoms with van der Waals surface area (Å²) in [5, 5.41) is 10.2. The van der Waals surface area contributed by atoms with Crippen LogP contribution in [0.2, 0.25) is 0 Å². The van der Waals surface area contributed by atoms with Crippen LogP contribution in [0, 0.1) is 0 Å². The number of urea groups is 1. The fourth-order valence-corrected chi connectivity index (χ4v) is 0.174. The zero-order valence-corrected chi connectivity index (χ0v) is 7.26. The van der Waals surface area contributed by atoms with Gasteiger partial charge in [-0.05, 0) is 13.8 Å². The van der Waals surface area contributed by atoms with Gasteiger partial charge in [-0.1, -0.05) is 6.58 Å². The minimum atomic E-state index is -0.935. The number of primary amides is 1. The monoisotopic (exact) mass is 174 g/mol. The zero-order chi connectivity index (χ0) is 10.1. The molecule has 0 aliphatic carbocycles. The van der Waals surface area contributed by atoms with E-state index in [9.17, 15) is 9.59 Å². The quantitative estimate of drug-likeness (QED) is 0.526. The third-order valence-electron chi connectivity index (χ3n) is 0.716. The van der Waals surface area contributed by atoms with E-state index >= 15 is 0 Å². The maximum absolute atomic E-state index is 9.71. The zero-order valence-electron chi connectivity index (χ0n) is 7.26. The number of aliphatic carboxylic acids is 1. The van der Waals surface area contributed by atoms with Crippen molar-refractivity contribution in [3.8, 4) is 0 Å². The molecule has 5 nitrogen and oxygen atoms in total. The molecule has 0 fully saturated rings. The topological polar surface area (TPSA) is 92.4 Å². The van der Waals surface area contributed by atoms with Gasteiger partial charge >= 0.3 is 12.0 Å². The van der Waals surface area contributed by atoms with E-state index in [1.807, 2.05) is 6.92 Å². The summed E-state index contributed by atoms with van der Waals surface area (Å²) in [4.78, 5) is 19.3. The normalized spacial score (nSPS) is 7.50. The molecule has 0 heterocycles. The largest absolute Gasteiger partial charge is 0.478 e. The van der Waals surface area contributed by atoms with Crippen molar-refractivity contribution in [2.75, 3.05) is 6.54 Å². The van der Waals surface area contributed by atoms with Crippen molar-refractivity contribution in [1.82, 2.24) is 5.32 Å². The van der Waals surface area contributed by atoms with Crippen molar-refractivity contribution in [2.24, 2.45) is 5.73 Å². The Morgan fingerprint density at radius 1 is 1.58 bits per heavy atom. The summed E-state index contributed by atoms with van der Waals surface area (Å²) in [6.45, 7) is 7.02. The van der Waals surface area contributed by atoms with E-state index < -0.39 is 12.0 Å². The van der Waals surface area contributed by atoms with Crippen LogP contribution in [0.4, 0.5) is 4.79 Å². The van der Waals surface area contributed by atoms with Crippen LogP contribution in [-0.4, -0.2) is 23.7 Å². The second-order valence-corrected chi connectivity index (χ2v) is 1.98. The Hall–Kier alpha value is -1.52. The lowest BCUT2D eigenvalue weighted by atomic mass is 10.4. The van der Waals surface area contributed by atoms with Gasteiger partial charge in [-0.2, -0.15) is 0 Å². The summed E-state index contributed by atoms with van der Waals surface area (Å²) >= 11 is 0. The van der Waals surface area contributed by atoms with Crippen LogP contribution in [0.25, 0.3) is 0 Å². The standard InChI is InChI=1S/C4H6O2.C3H8N2O/c1-3(2)4(5)6;1-2-5-3(4)6/h1H2,2H3,(H,5,6);2H2,1H3,(H3,4,5,6). The number of carbonyl (C=O) groups excluding carboxylic acids is 1. The van der Waals surface area contributed by atoms with Crippen molar-refractivity contribution >= 4 is 12.0 Å². The SMILES string of the molecule is C=C(C)C(=O)O.CCNC(N)=O. The molecule has 12 heavy (non-hydrogen) atoms. The number of carboxylic acid groups (broad SMARTS) is 1. The molecular formula is C7H14N2O3. The molecule has 0 radical (unpaired) electrons. The summed E-state index contributed by atoms with van der Waals surface area (Å²) in [5.74, 6) is -0.935. The molecule has 0 aromatic carbocycles. The molecule has 0 atom stereocenters. The van der Waals surface area contributed by atoms with E-state index in [0.29, 0.717) is 6.54 Å². The van der Waals surface area contributed by atoms with E-state index in [0.717, 1.165) is 0 Å². The maximum Gasteiger partial charge on any atom is 0.330 e. The van der Waals surface area contributed by atoms with Crippen LogP contribution in [0.5, 0.6) is 0 Å². The van der Waals surface area contributed by atoms with E-state index in [4.69, 9.17) is 5.11 Å². The molecule has 0 saturated heterocycles. The molecule has 2 amide bonds. The fraction of sp³-hybridized carbons (Fsp3) is 0.429. The van der Waals surface area contributed by atoms with Gasteiger partial charge < -0.3 is 16.2 Å². The second-order valence-electron chi connectivity index (χ2n) is 1.98. The first-order valence-electron chi connectivity index (χ1n) is 3.33. The highest BCUT2D eigenvalue weighted by molar-refractivity contribution is 5.84. The first kappa shape index (κ1) is 13.1. The van der Waals surface area contributed by atoms with Crippen LogP contribution in [-0.2, 0) is 4.79 Å². The number of rotatable bonds is 2. The lowest BCUT2D eigenvalue weighted by Crippen LogP contribution is -2.28. The Kier molecular flexibility index (Phi) is 8.28. The predicted octanol–water partition coefficient (Wildman–Crippen LogP) is 0.322. The van der Waals surface area contributed by atoms with Crippen molar-refractivity contribution in [3.05, 3.63) is 12.2 Å². The Morgan fingerprint density at radius 2 is 1.92 bits per heavy atom. The molecule has 0 aliphatic heterocycles. The van der Waals surface area contributed by atoms with E-state index in [2.05, 4.69) is 17.6 Å². The fourth-order valence-electron chi connectivity index (χ4n) is 0.174. The van der Waals surface area contributed by atoms with Gasteiger partial charge in [-0.3, -0.25) is 0 Å². The molecule has 0 spiro atoms. The van der Waals surface area contributed by atoms with Crippen LogP contribution in [0.1, 0.15) is 13.8 Å². The molecule has 0 saturated carbocycles. The smallest absolute Gasteiger partial charge is 0.330 e.